The molecule has 34 heavy (non-hydrogen) atoms. The van der Waals surface area contributed by atoms with Crippen molar-refractivity contribution in [2.24, 2.45) is 16.0 Å². The number of aromatic nitrogens is 3. The first-order valence-corrected chi connectivity index (χ1v) is 11.4. The van der Waals surface area contributed by atoms with Crippen molar-refractivity contribution in [3.05, 3.63) is 65.3 Å². The molecule has 1 aliphatic heterocycles. The number of rotatable bonds is 5. The Labute approximate surface area is 198 Å². The lowest BCUT2D eigenvalue weighted by Gasteiger charge is -2.19. The number of anilines is 2. The number of hydrogen-bond acceptors (Lipinski definition) is 7. The van der Waals surface area contributed by atoms with Crippen LogP contribution in [-0.2, 0) is 4.79 Å². The number of benzene rings is 2. The molecule has 5 rings (SSSR count). The van der Waals surface area contributed by atoms with E-state index in [9.17, 15) is 9.59 Å². The fraction of sp³-hybridized carbons (Fsp3) is 0.130. The van der Waals surface area contributed by atoms with Crippen molar-refractivity contribution in [3.63, 3.8) is 0 Å². The largest absolute Gasteiger partial charge is 0.323 e. The van der Waals surface area contributed by atoms with E-state index >= 15 is 0 Å². The number of aliphatic imine (C=N–C) groups is 1. The van der Waals surface area contributed by atoms with E-state index in [1.807, 2.05) is 30.5 Å². The van der Waals surface area contributed by atoms with Crippen LogP contribution >= 0.6 is 11.3 Å². The number of urea groups is 1. The van der Waals surface area contributed by atoms with Crippen molar-refractivity contribution in [3.8, 4) is 0 Å². The number of carbonyl (C=O) groups is 2. The minimum absolute atomic E-state index is 0.0342. The highest BCUT2D eigenvalue weighted by molar-refractivity contribution is 7.13. The molecule has 2 aromatic heterocycles. The Morgan fingerprint density at radius 1 is 1.18 bits per heavy atom. The Bertz CT molecular complexity index is 1410. The summed E-state index contributed by atoms with van der Waals surface area (Å²) in [7, 11) is 0. The van der Waals surface area contributed by atoms with Gasteiger partial charge in [0.05, 0.1) is 23.1 Å². The summed E-state index contributed by atoms with van der Waals surface area (Å²) < 4.78 is 0. The lowest BCUT2D eigenvalue weighted by atomic mass is 9.94. The van der Waals surface area contributed by atoms with Crippen LogP contribution in [0.1, 0.15) is 24.6 Å². The smallest absolute Gasteiger partial charge is 0.308 e. The molecule has 0 bridgehead atoms. The van der Waals surface area contributed by atoms with Gasteiger partial charge in [-0.1, -0.05) is 19.1 Å². The lowest BCUT2D eigenvalue weighted by Crippen LogP contribution is -2.31. The molecule has 3 heterocycles. The van der Waals surface area contributed by atoms with Gasteiger partial charge in [-0.25, -0.2) is 20.2 Å². The third kappa shape index (κ3) is 4.69. The number of nitrogens with zero attached hydrogens (tertiary/aromatic N) is 4. The summed E-state index contributed by atoms with van der Waals surface area (Å²) in [6, 6.07) is 12.4. The number of thiazole rings is 1. The van der Waals surface area contributed by atoms with E-state index in [0.29, 0.717) is 28.4 Å². The normalized spacial score (nSPS) is 15.9. The van der Waals surface area contributed by atoms with Crippen molar-refractivity contribution >= 4 is 62.6 Å². The number of H-pyrrole nitrogens is 1. The van der Waals surface area contributed by atoms with Crippen LogP contribution in [0.5, 0.6) is 0 Å². The minimum atomic E-state index is -0.371. The Balaban J connectivity index is 1.23. The average Bonchev–Trinajstić information content (AvgIpc) is 3.48. The number of fused-ring (bicyclic) bond motifs is 1. The molecule has 4 N–H and O–H groups in total. The zero-order chi connectivity index (χ0) is 23.5. The van der Waals surface area contributed by atoms with Gasteiger partial charge in [0.25, 0.3) is 0 Å². The minimum Gasteiger partial charge on any atom is -0.308 e. The Hall–Kier alpha value is -4.38. The third-order valence-electron chi connectivity index (χ3n) is 5.26. The second-order valence-corrected chi connectivity index (χ2v) is 8.61. The molecule has 2 aromatic carbocycles. The highest BCUT2D eigenvalue weighted by Crippen LogP contribution is 2.22. The van der Waals surface area contributed by atoms with Crippen LogP contribution in [-0.4, -0.2) is 39.0 Å². The zero-order valence-corrected chi connectivity index (χ0v) is 18.9. The fourth-order valence-corrected chi connectivity index (χ4v) is 4.11. The zero-order valence-electron chi connectivity index (χ0n) is 18.1. The molecule has 4 aromatic rings. The summed E-state index contributed by atoms with van der Waals surface area (Å²) >= 11 is 1.45. The maximum Gasteiger partial charge on any atom is 0.323 e. The SMILES string of the molecule is CC1CC(=O)NN=C1c1ccc(NC(=O)Nc2ccc3c(/C=N/c4nccs4)[nH]nc3c2)cc1. The second kappa shape index (κ2) is 9.24. The van der Waals surface area contributed by atoms with Crippen LogP contribution in [0.25, 0.3) is 10.9 Å². The van der Waals surface area contributed by atoms with Gasteiger partial charge in [-0.3, -0.25) is 9.89 Å². The highest BCUT2D eigenvalue weighted by atomic mass is 32.1. The molecule has 0 fully saturated rings. The molecule has 11 heteroatoms. The maximum absolute atomic E-state index is 12.5. The van der Waals surface area contributed by atoms with Gasteiger partial charge >= 0.3 is 6.03 Å². The average molecular weight is 473 g/mol. The standard InChI is InChI=1S/C23H20N8O2S/c1-13-10-20(32)30-31-21(13)14-2-4-15(5-3-14)26-22(33)27-16-6-7-17-18(11-16)28-29-19(17)12-25-23-24-8-9-34-23/h2-9,11-13H,10H2,1H3,(H,28,29)(H,30,32)(H2,26,27,33)/b25-12+. The number of hydrogen-bond donors (Lipinski definition) is 4. The summed E-state index contributed by atoms with van der Waals surface area (Å²) in [6.45, 7) is 1.96. The summed E-state index contributed by atoms with van der Waals surface area (Å²) in [4.78, 5) is 32.4. The summed E-state index contributed by atoms with van der Waals surface area (Å²) in [5.41, 5.74) is 6.94. The molecule has 1 aliphatic rings. The van der Waals surface area contributed by atoms with E-state index < -0.39 is 0 Å². The van der Waals surface area contributed by atoms with Gasteiger partial charge in [-0.05, 0) is 35.9 Å². The molecule has 1 atom stereocenters. The van der Waals surface area contributed by atoms with Crippen LogP contribution in [0.3, 0.4) is 0 Å². The molecule has 0 radical (unpaired) electrons. The molecule has 10 nitrogen and oxygen atoms in total. The van der Waals surface area contributed by atoms with E-state index in [4.69, 9.17) is 0 Å². The van der Waals surface area contributed by atoms with Gasteiger partial charge in [-0.2, -0.15) is 10.2 Å². The number of aromatic amines is 1. The third-order valence-corrected chi connectivity index (χ3v) is 5.94. The molecule has 0 saturated carbocycles. The number of amides is 3. The Morgan fingerprint density at radius 2 is 1.97 bits per heavy atom. The molecule has 0 saturated heterocycles. The molecule has 0 spiro atoms. The first kappa shape index (κ1) is 21.5. The molecular formula is C23H20N8O2S. The Kier molecular flexibility index (Phi) is 5.83. The van der Waals surface area contributed by atoms with Gasteiger partial charge < -0.3 is 10.6 Å². The van der Waals surface area contributed by atoms with Crippen LogP contribution in [0.4, 0.5) is 21.3 Å². The van der Waals surface area contributed by atoms with Gasteiger partial charge in [0, 0.05) is 40.7 Å². The summed E-state index contributed by atoms with van der Waals surface area (Å²) in [6.07, 6.45) is 3.79. The van der Waals surface area contributed by atoms with Crippen molar-refractivity contribution in [2.45, 2.75) is 13.3 Å². The highest BCUT2D eigenvalue weighted by Gasteiger charge is 2.21. The van der Waals surface area contributed by atoms with Crippen molar-refractivity contribution in [1.82, 2.24) is 20.6 Å². The summed E-state index contributed by atoms with van der Waals surface area (Å²) in [5.74, 6) is -0.0498. The van der Waals surface area contributed by atoms with E-state index in [0.717, 1.165) is 22.4 Å². The van der Waals surface area contributed by atoms with Crippen LogP contribution in [0.15, 0.2) is 64.1 Å². The lowest BCUT2D eigenvalue weighted by molar-refractivity contribution is -0.121. The topological polar surface area (TPSA) is 137 Å². The van der Waals surface area contributed by atoms with Gasteiger partial charge in [0.1, 0.15) is 0 Å². The second-order valence-electron chi connectivity index (χ2n) is 7.74. The molecule has 3 amide bonds. The van der Waals surface area contributed by atoms with Crippen LogP contribution < -0.4 is 16.1 Å². The number of carbonyl (C=O) groups excluding carboxylic acids is 2. The molecule has 1 unspecified atom stereocenters. The maximum atomic E-state index is 12.5. The fourth-order valence-electron chi connectivity index (χ4n) is 3.63. The van der Waals surface area contributed by atoms with Gasteiger partial charge in [0.2, 0.25) is 11.0 Å². The monoisotopic (exact) mass is 472 g/mol. The first-order valence-electron chi connectivity index (χ1n) is 10.5. The van der Waals surface area contributed by atoms with E-state index in [1.54, 1.807) is 36.7 Å². The molecule has 170 valence electrons. The van der Waals surface area contributed by atoms with Crippen LogP contribution in [0, 0.1) is 5.92 Å². The number of nitrogens with one attached hydrogen (secondary N) is 4. The predicted molar refractivity (Wildman–Crippen MR) is 133 cm³/mol. The van der Waals surface area contributed by atoms with Crippen molar-refractivity contribution in [2.75, 3.05) is 10.6 Å². The van der Waals surface area contributed by atoms with E-state index in [2.05, 4.69) is 41.3 Å². The predicted octanol–water partition coefficient (Wildman–Crippen LogP) is 4.27. The summed E-state index contributed by atoms with van der Waals surface area (Å²) in [5, 5.41) is 20.4. The van der Waals surface area contributed by atoms with Gasteiger partial charge in [0.15, 0.2) is 0 Å². The van der Waals surface area contributed by atoms with Crippen molar-refractivity contribution < 1.29 is 9.59 Å². The molecule has 0 aliphatic carbocycles. The quantitative estimate of drug-likeness (QED) is 0.322. The van der Waals surface area contributed by atoms with E-state index in [1.165, 1.54) is 11.3 Å². The van der Waals surface area contributed by atoms with E-state index in [-0.39, 0.29) is 17.9 Å². The van der Waals surface area contributed by atoms with Crippen LogP contribution in [0.2, 0.25) is 0 Å². The van der Waals surface area contributed by atoms with Gasteiger partial charge in [-0.15, -0.1) is 11.3 Å². The number of hydrazone groups is 1. The Morgan fingerprint density at radius 3 is 2.74 bits per heavy atom. The molecular weight excluding hydrogens is 452 g/mol. The van der Waals surface area contributed by atoms with Crippen molar-refractivity contribution in [1.29, 1.82) is 0 Å². The first-order chi connectivity index (χ1) is 16.5.